The van der Waals surface area contributed by atoms with Crippen LogP contribution in [0.1, 0.15) is 24.8 Å². The van der Waals surface area contributed by atoms with E-state index in [0.29, 0.717) is 18.0 Å². The van der Waals surface area contributed by atoms with E-state index in [4.69, 9.17) is 9.57 Å². The Balaban J connectivity index is 1.52. The monoisotopic (exact) mass is 332 g/mol. The van der Waals surface area contributed by atoms with E-state index in [0.717, 1.165) is 5.56 Å². The number of benzene rings is 1. The van der Waals surface area contributed by atoms with Crippen LogP contribution in [0.3, 0.4) is 0 Å². The molecule has 2 saturated heterocycles. The Labute approximate surface area is 137 Å². The molecule has 0 aromatic heterocycles. The normalized spacial score (nSPS) is 19.9. The maximum Gasteiger partial charge on any atom is 0.410 e. The molecular formula is C16H16N2O6. The summed E-state index contributed by atoms with van der Waals surface area (Å²) >= 11 is 0. The summed E-state index contributed by atoms with van der Waals surface area (Å²) in [7, 11) is 0. The SMILES string of the molecule is O=C(ON1C(=O)CCC1=O)C1CCN1C(=O)OCc1ccccc1. The molecule has 1 unspecified atom stereocenters. The van der Waals surface area contributed by atoms with Gasteiger partial charge >= 0.3 is 12.1 Å². The van der Waals surface area contributed by atoms with Gasteiger partial charge in [0.25, 0.3) is 11.8 Å². The maximum atomic E-state index is 12.0. The van der Waals surface area contributed by atoms with Crippen molar-refractivity contribution in [3.05, 3.63) is 35.9 Å². The van der Waals surface area contributed by atoms with Gasteiger partial charge in [-0.3, -0.25) is 14.5 Å². The standard InChI is InChI=1S/C16H16N2O6/c19-13-6-7-14(20)18(13)24-15(21)12-8-9-17(12)16(22)23-10-11-4-2-1-3-5-11/h1-5,12H,6-10H2. The van der Waals surface area contributed by atoms with Crippen molar-refractivity contribution in [2.75, 3.05) is 6.54 Å². The highest BCUT2D eigenvalue weighted by Crippen LogP contribution is 2.22. The molecule has 0 bridgehead atoms. The number of hydrogen-bond donors (Lipinski definition) is 0. The molecule has 3 rings (SSSR count). The van der Waals surface area contributed by atoms with Crippen molar-refractivity contribution >= 4 is 23.9 Å². The van der Waals surface area contributed by atoms with Gasteiger partial charge in [0.15, 0.2) is 0 Å². The van der Waals surface area contributed by atoms with Crippen molar-refractivity contribution in [1.82, 2.24) is 9.96 Å². The summed E-state index contributed by atoms with van der Waals surface area (Å²) in [6, 6.07) is 8.32. The zero-order chi connectivity index (χ0) is 17.1. The number of ether oxygens (including phenoxy) is 1. The number of carbonyl (C=O) groups excluding carboxylic acids is 4. The molecule has 1 atom stereocenters. The molecule has 8 heteroatoms. The van der Waals surface area contributed by atoms with Gasteiger partial charge in [-0.1, -0.05) is 30.3 Å². The lowest BCUT2D eigenvalue weighted by Gasteiger charge is -2.37. The number of likely N-dealkylation sites (tertiary alicyclic amines) is 1. The van der Waals surface area contributed by atoms with Crippen LogP contribution >= 0.6 is 0 Å². The molecule has 0 aliphatic carbocycles. The van der Waals surface area contributed by atoms with Gasteiger partial charge in [0, 0.05) is 19.4 Å². The van der Waals surface area contributed by atoms with Crippen molar-refractivity contribution in [1.29, 1.82) is 0 Å². The predicted octanol–water partition coefficient (Wildman–Crippen LogP) is 1.00. The summed E-state index contributed by atoms with van der Waals surface area (Å²) < 4.78 is 5.16. The Kier molecular flexibility index (Phi) is 4.45. The molecule has 2 aliphatic rings. The van der Waals surface area contributed by atoms with Crippen molar-refractivity contribution in [3.63, 3.8) is 0 Å². The summed E-state index contributed by atoms with van der Waals surface area (Å²) in [6.45, 7) is 0.455. The minimum atomic E-state index is -0.838. The lowest BCUT2D eigenvalue weighted by atomic mass is 10.1. The smallest absolute Gasteiger partial charge is 0.410 e. The minimum absolute atomic E-state index is 0.0274. The van der Waals surface area contributed by atoms with Crippen LogP contribution in [0.2, 0.25) is 0 Å². The number of rotatable bonds is 4. The number of imide groups is 1. The third kappa shape index (κ3) is 3.22. The summed E-state index contributed by atoms with van der Waals surface area (Å²) in [6.07, 6.45) is -0.180. The molecular weight excluding hydrogens is 316 g/mol. The Morgan fingerprint density at radius 1 is 1.08 bits per heavy atom. The predicted molar refractivity (Wildman–Crippen MR) is 78.9 cm³/mol. The molecule has 2 heterocycles. The summed E-state index contributed by atoms with van der Waals surface area (Å²) in [5.41, 5.74) is 0.832. The van der Waals surface area contributed by atoms with Gasteiger partial charge in [-0.05, 0) is 12.0 Å². The minimum Gasteiger partial charge on any atom is -0.445 e. The maximum absolute atomic E-state index is 12.0. The highest BCUT2D eigenvalue weighted by atomic mass is 16.7. The van der Waals surface area contributed by atoms with Gasteiger partial charge in [-0.15, -0.1) is 5.06 Å². The highest BCUT2D eigenvalue weighted by molar-refractivity contribution is 6.02. The van der Waals surface area contributed by atoms with E-state index in [1.807, 2.05) is 30.3 Å². The number of carbonyl (C=O) groups is 4. The van der Waals surface area contributed by atoms with E-state index in [9.17, 15) is 19.2 Å². The summed E-state index contributed by atoms with van der Waals surface area (Å²) in [4.78, 5) is 53.0. The fraction of sp³-hybridized carbons (Fsp3) is 0.375. The second-order valence-corrected chi connectivity index (χ2v) is 5.53. The first kappa shape index (κ1) is 16.0. The van der Waals surface area contributed by atoms with E-state index >= 15 is 0 Å². The summed E-state index contributed by atoms with van der Waals surface area (Å²) in [5.74, 6) is -1.90. The molecule has 24 heavy (non-hydrogen) atoms. The first-order valence-electron chi connectivity index (χ1n) is 7.61. The molecule has 0 spiro atoms. The second-order valence-electron chi connectivity index (χ2n) is 5.53. The van der Waals surface area contributed by atoms with Crippen molar-refractivity contribution in [2.45, 2.75) is 31.9 Å². The molecule has 0 radical (unpaired) electrons. The van der Waals surface area contributed by atoms with E-state index < -0.39 is 29.9 Å². The Hall–Kier alpha value is -2.90. The highest BCUT2D eigenvalue weighted by Gasteiger charge is 2.43. The molecule has 3 amide bonds. The lowest BCUT2D eigenvalue weighted by Crippen LogP contribution is -2.56. The van der Waals surface area contributed by atoms with E-state index in [1.165, 1.54) is 4.90 Å². The molecule has 1 aromatic carbocycles. The van der Waals surface area contributed by atoms with E-state index in [1.54, 1.807) is 0 Å². The van der Waals surface area contributed by atoms with Gasteiger partial charge in [-0.2, -0.15) is 0 Å². The number of hydrogen-bond acceptors (Lipinski definition) is 6. The number of nitrogens with zero attached hydrogens (tertiary/aromatic N) is 2. The third-order valence-corrected chi connectivity index (χ3v) is 3.92. The van der Waals surface area contributed by atoms with Crippen LogP contribution in [-0.4, -0.2) is 46.4 Å². The second kappa shape index (κ2) is 6.69. The zero-order valence-electron chi connectivity index (χ0n) is 12.8. The average molecular weight is 332 g/mol. The summed E-state index contributed by atoms with van der Waals surface area (Å²) in [5, 5.41) is 0.480. The van der Waals surface area contributed by atoms with Crippen LogP contribution in [-0.2, 0) is 30.6 Å². The van der Waals surface area contributed by atoms with Crippen molar-refractivity contribution < 1.29 is 28.8 Å². The molecule has 8 nitrogen and oxygen atoms in total. The fourth-order valence-electron chi connectivity index (χ4n) is 2.46. The van der Waals surface area contributed by atoms with Crippen LogP contribution < -0.4 is 0 Å². The van der Waals surface area contributed by atoms with Gasteiger partial charge < -0.3 is 9.57 Å². The van der Waals surface area contributed by atoms with Gasteiger partial charge in [0.1, 0.15) is 12.6 Å². The number of hydroxylamine groups is 2. The van der Waals surface area contributed by atoms with Crippen LogP contribution in [0.4, 0.5) is 4.79 Å². The first-order valence-corrected chi connectivity index (χ1v) is 7.61. The largest absolute Gasteiger partial charge is 0.445 e. The lowest BCUT2D eigenvalue weighted by molar-refractivity contribution is -0.203. The van der Waals surface area contributed by atoms with Crippen LogP contribution in [0.15, 0.2) is 30.3 Å². The van der Waals surface area contributed by atoms with Crippen molar-refractivity contribution in [2.24, 2.45) is 0 Å². The van der Waals surface area contributed by atoms with E-state index in [2.05, 4.69) is 0 Å². The Bertz CT molecular complexity index is 658. The molecule has 0 saturated carbocycles. The molecule has 2 fully saturated rings. The van der Waals surface area contributed by atoms with E-state index in [-0.39, 0.29) is 19.4 Å². The molecule has 0 N–H and O–H groups in total. The zero-order valence-corrected chi connectivity index (χ0v) is 12.8. The van der Waals surface area contributed by atoms with Crippen LogP contribution in [0.25, 0.3) is 0 Å². The first-order chi connectivity index (χ1) is 11.6. The molecule has 1 aromatic rings. The molecule has 126 valence electrons. The Morgan fingerprint density at radius 2 is 1.75 bits per heavy atom. The van der Waals surface area contributed by atoms with Gasteiger partial charge in [0.05, 0.1) is 0 Å². The van der Waals surface area contributed by atoms with Crippen LogP contribution in [0.5, 0.6) is 0 Å². The van der Waals surface area contributed by atoms with Gasteiger partial charge in [-0.25, -0.2) is 9.59 Å². The number of amides is 3. The average Bonchev–Trinajstić information content (AvgIpc) is 2.85. The quantitative estimate of drug-likeness (QED) is 0.764. The van der Waals surface area contributed by atoms with Gasteiger partial charge in [0.2, 0.25) is 0 Å². The Morgan fingerprint density at radius 3 is 2.33 bits per heavy atom. The topological polar surface area (TPSA) is 93.2 Å². The molecule has 2 aliphatic heterocycles. The fourth-order valence-corrected chi connectivity index (χ4v) is 2.46. The third-order valence-electron chi connectivity index (χ3n) is 3.92. The van der Waals surface area contributed by atoms with Crippen LogP contribution in [0, 0.1) is 0 Å². The van der Waals surface area contributed by atoms with Crippen molar-refractivity contribution in [3.8, 4) is 0 Å².